The highest BCUT2D eigenvalue weighted by Gasteiger charge is 2.23. The van der Waals surface area contributed by atoms with Gasteiger partial charge in [-0.15, -0.1) is 10.2 Å². The zero-order chi connectivity index (χ0) is 18.5. The number of aromatic nitrogens is 3. The molecule has 1 aliphatic carbocycles. The fraction of sp³-hybridized carbons (Fsp3) is 0.550. The SMILES string of the molecule is CCn1c(SCC(=O)N[C@@H]2CCCC[C@@H]2C)nnc1-c1cccc(C)c1. The van der Waals surface area contributed by atoms with Gasteiger partial charge in [-0.1, -0.05) is 55.3 Å². The number of carbonyl (C=O) groups excluding carboxylic acids is 1. The van der Waals surface area contributed by atoms with Crippen molar-refractivity contribution in [1.29, 1.82) is 0 Å². The highest BCUT2D eigenvalue weighted by molar-refractivity contribution is 7.99. The van der Waals surface area contributed by atoms with E-state index in [1.807, 2.05) is 6.07 Å². The van der Waals surface area contributed by atoms with Gasteiger partial charge in [0.15, 0.2) is 11.0 Å². The molecule has 1 aromatic carbocycles. The molecule has 0 saturated heterocycles. The average Bonchev–Trinajstić information content (AvgIpc) is 3.05. The highest BCUT2D eigenvalue weighted by Crippen LogP contribution is 2.26. The van der Waals surface area contributed by atoms with Crippen molar-refractivity contribution >= 4 is 17.7 Å². The van der Waals surface area contributed by atoms with Gasteiger partial charge in [-0.25, -0.2) is 0 Å². The lowest BCUT2D eigenvalue weighted by atomic mass is 9.86. The van der Waals surface area contributed by atoms with Crippen LogP contribution in [-0.2, 0) is 11.3 Å². The summed E-state index contributed by atoms with van der Waals surface area (Å²) in [5, 5.41) is 12.7. The minimum Gasteiger partial charge on any atom is -0.352 e. The Balaban J connectivity index is 1.64. The van der Waals surface area contributed by atoms with Crippen molar-refractivity contribution in [2.45, 2.75) is 64.2 Å². The standard InChI is InChI=1S/C20H28N4OS/c1-4-24-19(16-10-7-8-14(2)12-16)22-23-20(24)26-13-18(25)21-17-11-6-5-9-15(17)3/h7-8,10,12,15,17H,4-6,9,11,13H2,1-3H3,(H,21,25)/t15-,17+/m0/s1. The molecule has 1 saturated carbocycles. The van der Waals surface area contributed by atoms with Crippen LogP contribution >= 0.6 is 11.8 Å². The second-order valence-electron chi connectivity index (χ2n) is 7.14. The van der Waals surface area contributed by atoms with Crippen LogP contribution in [0, 0.1) is 12.8 Å². The molecule has 0 spiro atoms. The predicted molar refractivity (Wildman–Crippen MR) is 106 cm³/mol. The largest absolute Gasteiger partial charge is 0.352 e. The predicted octanol–water partition coefficient (Wildman–Crippen LogP) is 4.06. The van der Waals surface area contributed by atoms with E-state index in [9.17, 15) is 4.79 Å². The summed E-state index contributed by atoms with van der Waals surface area (Å²) in [7, 11) is 0. The zero-order valence-electron chi connectivity index (χ0n) is 15.9. The lowest BCUT2D eigenvalue weighted by Gasteiger charge is -2.29. The number of nitrogens with one attached hydrogen (secondary N) is 1. The molecule has 1 amide bonds. The van der Waals surface area contributed by atoms with E-state index in [0.29, 0.717) is 17.7 Å². The molecule has 26 heavy (non-hydrogen) atoms. The van der Waals surface area contributed by atoms with Gasteiger partial charge < -0.3 is 9.88 Å². The summed E-state index contributed by atoms with van der Waals surface area (Å²) in [4.78, 5) is 12.4. The second-order valence-corrected chi connectivity index (χ2v) is 8.09. The number of rotatable bonds is 6. The summed E-state index contributed by atoms with van der Waals surface area (Å²) in [6, 6.07) is 8.59. The number of benzene rings is 1. The molecule has 1 N–H and O–H groups in total. The van der Waals surface area contributed by atoms with E-state index in [1.165, 1.54) is 36.6 Å². The number of hydrogen-bond donors (Lipinski definition) is 1. The van der Waals surface area contributed by atoms with Crippen molar-refractivity contribution in [2.75, 3.05) is 5.75 Å². The second kappa shape index (κ2) is 8.71. The van der Waals surface area contributed by atoms with E-state index in [1.54, 1.807) is 0 Å². The Morgan fingerprint density at radius 1 is 1.31 bits per heavy atom. The van der Waals surface area contributed by atoms with E-state index in [4.69, 9.17) is 0 Å². The summed E-state index contributed by atoms with van der Waals surface area (Å²) in [6.45, 7) is 7.16. The van der Waals surface area contributed by atoms with Crippen molar-refractivity contribution in [2.24, 2.45) is 5.92 Å². The molecule has 1 aliphatic rings. The molecule has 140 valence electrons. The van der Waals surface area contributed by atoms with Gasteiger partial charge in [-0.05, 0) is 38.7 Å². The Kier molecular flexibility index (Phi) is 6.35. The number of nitrogens with zero attached hydrogens (tertiary/aromatic N) is 3. The minimum atomic E-state index is 0.0940. The van der Waals surface area contributed by atoms with Crippen molar-refractivity contribution in [3.8, 4) is 11.4 Å². The van der Waals surface area contributed by atoms with Gasteiger partial charge in [0.05, 0.1) is 5.75 Å². The molecule has 1 fully saturated rings. The molecule has 2 atom stereocenters. The molecule has 3 rings (SSSR count). The zero-order valence-corrected chi connectivity index (χ0v) is 16.7. The summed E-state index contributed by atoms with van der Waals surface area (Å²) in [5.74, 6) is 1.91. The molecule has 0 bridgehead atoms. The Bertz CT molecular complexity index is 758. The quantitative estimate of drug-likeness (QED) is 0.777. The van der Waals surface area contributed by atoms with Crippen LogP contribution < -0.4 is 5.32 Å². The van der Waals surface area contributed by atoms with Gasteiger partial charge in [0, 0.05) is 18.2 Å². The normalized spacial score (nSPS) is 20.1. The monoisotopic (exact) mass is 372 g/mol. The third kappa shape index (κ3) is 4.47. The summed E-state index contributed by atoms with van der Waals surface area (Å²) in [6.07, 6.45) is 4.80. The maximum absolute atomic E-state index is 12.4. The smallest absolute Gasteiger partial charge is 0.230 e. The molecule has 1 heterocycles. The van der Waals surface area contributed by atoms with Gasteiger partial charge in [-0.3, -0.25) is 4.79 Å². The van der Waals surface area contributed by atoms with Gasteiger partial charge in [0.25, 0.3) is 0 Å². The minimum absolute atomic E-state index is 0.0940. The molecule has 1 aromatic heterocycles. The van der Waals surface area contributed by atoms with Crippen molar-refractivity contribution in [3.05, 3.63) is 29.8 Å². The molecule has 5 nitrogen and oxygen atoms in total. The van der Waals surface area contributed by atoms with E-state index in [-0.39, 0.29) is 5.91 Å². The maximum atomic E-state index is 12.4. The van der Waals surface area contributed by atoms with E-state index in [0.717, 1.165) is 29.5 Å². The topological polar surface area (TPSA) is 59.8 Å². The van der Waals surface area contributed by atoms with Crippen LogP contribution in [0.2, 0.25) is 0 Å². The van der Waals surface area contributed by atoms with Crippen molar-refractivity contribution in [3.63, 3.8) is 0 Å². The van der Waals surface area contributed by atoms with Crippen LogP contribution in [0.3, 0.4) is 0 Å². The maximum Gasteiger partial charge on any atom is 0.230 e. The number of hydrogen-bond acceptors (Lipinski definition) is 4. The Hall–Kier alpha value is -1.82. The van der Waals surface area contributed by atoms with E-state index < -0.39 is 0 Å². The van der Waals surface area contributed by atoms with Crippen molar-refractivity contribution < 1.29 is 4.79 Å². The van der Waals surface area contributed by atoms with Gasteiger partial charge in [-0.2, -0.15) is 0 Å². The van der Waals surface area contributed by atoms with Gasteiger partial charge >= 0.3 is 0 Å². The molecule has 6 heteroatoms. The lowest BCUT2D eigenvalue weighted by Crippen LogP contribution is -2.41. The Morgan fingerprint density at radius 2 is 2.12 bits per heavy atom. The first-order valence-corrected chi connectivity index (χ1v) is 10.5. The molecule has 2 aromatic rings. The van der Waals surface area contributed by atoms with Crippen LogP contribution in [0.5, 0.6) is 0 Å². The first-order chi connectivity index (χ1) is 12.6. The van der Waals surface area contributed by atoms with Crippen molar-refractivity contribution in [1.82, 2.24) is 20.1 Å². The number of aryl methyl sites for hydroxylation is 1. The number of carbonyl (C=O) groups is 1. The first kappa shape index (κ1) is 19.0. The molecule has 0 aliphatic heterocycles. The molecule has 0 radical (unpaired) electrons. The Morgan fingerprint density at radius 3 is 2.85 bits per heavy atom. The summed E-state index contributed by atoms with van der Waals surface area (Å²) >= 11 is 1.47. The van der Waals surface area contributed by atoms with Crippen LogP contribution in [-0.4, -0.2) is 32.5 Å². The number of thioether (sulfide) groups is 1. The summed E-state index contributed by atoms with van der Waals surface area (Å²) in [5.41, 5.74) is 2.26. The highest BCUT2D eigenvalue weighted by atomic mass is 32.2. The van der Waals surface area contributed by atoms with Crippen LogP contribution in [0.1, 0.15) is 45.1 Å². The fourth-order valence-corrected chi connectivity index (χ4v) is 4.40. The lowest BCUT2D eigenvalue weighted by molar-refractivity contribution is -0.119. The third-order valence-electron chi connectivity index (χ3n) is 5.10. The van der Waals surface area contributed by atoms with Gasteiger partial charge in [0.1, 0.15) is 0 Å². The average molecular weight is 373 g/mol. The van der Waals surface area contributed by atoms with E-state index in [2.05, 4.69) is 59.1 Å². The van der Waals surface area contributed by atoms with Crippen LogP contribution in [0.25, 0.3) is 11.4 Å². The Labute approximate surface area is 160 Å². The fourth-order valence-electron chi connectivity index (χ4n) is 3.59. The third-order valence-corrected chi connectivity index (χ3v) is 6.07. The first-order valence-electron chi connectivity index (χ1n) is 9.51. The molecular formula is C20H28N4OS. The summed E-state index contributed by atoms with van der Waals surface area (Å²) < 4.78 is 2.08. The van der Waals surface area contributed by atoms with Gasteiger partial charge in [0.2, 0.25) is 5.91 Å². The molecular weight excluding hydrogens is 344 g/mol. The van der Waals surface area contributed by atoms with Crippen LogP contribution in [0.15, 0.2) is 29.4 Å². The van der Waals surface area contributed by atoms with E-state index >= 15 is 0 Å². The molecule has 0 unspecified atom stereocenters. The number of amides is 1. The van der Waals surface area contributed by atoms with Crippen LogP contribution in [0.4, 0.5) is 0 Å².